The molecule has 2 nitrogen and oxygen atoms in total. The summed E-state index contributed by atoms with van der Waals surface area (Å²) in [7, 11) is 7.81. The van der Waals surface area contributed by atoms with Crippen LogP contribution in [0.3, 0.4) is 0 Å². The van der Waals surface area contributed by atoms with Crippen LogP contribution in [0, 0.1) is 0 Å². The first-order valence-electron chi connectivity index (χ1n) is 12.8. The second-order valence-corrected chi connectivity index (χ2v) is 11.2. The molecule has 4 heteroatoms. The third-order valence-electron chi connectivity index (χ3n) is 6.93. The van der Waals surface area contributed by atoms with E-state index >= 15 is 0 Å². The summed E-state index contributed by atoms with van der Waals surface area (Å²) in [4.78, 5) is 0. The van der Waals surface area contributed by atoms with Crippen LogP contribution in [-0.2, 0) is 4.74 Å². The van der Waals surface area contributed by atoms with E-state index < -0.39 is 0 Å². The highest BCUT2D eigenvalue weighted by Gasteiger charge is 2.23. The second kappa shape index (κ2) is 21.7. The van der Waals surface area contributed by atoms with Gasteiger partial charge in [-0.1, -0.05) is 96.8 Å². The van der Waals surface area contributed by atoms with E-state index in [-0.39, 0.29) is 12.4 Å². The van der Waals surface area contributed by atoms with Crippen molar-refractivity contribution < 1.29 is 21.6 Å². The van der Waals surface area contributed by atoms with Crippen molar-refractivity contribution in [2.45, 2.75) is 135 Å². The summed E-state index contributed by atoms with van der Waals surface area (Å²) in [5.41, 5.74) is 0.524. The minimum Gasteiger partial charge on any atom is -1.00 e. The van der Waals surface area contributed by atoms with E-state index in [2.05, 4.69) is 27.9 Å². The Kier molecular flexibility index (Phi) is 23.6. The van der Waals surface area contributed by atoms with Crippen molar-refractivity contribution in [3.63, 3.8) is 0 Å². The Bertz CT molecular complexity index is 328. The lowest BCUT2D eigenvalue weighted by Gasteiger charge is -2.37. The predicted molar refractivity (Wildman–Crippen MR) is 131 cm³/mol. The number of unbranched alkanes of at least 4 members (excludes halogenated alkanes) is 14. The Balaban J connectivity index is 0. The number of hydrogen-bond donors (Lipinski definition) is 0. The lowest BCUT2D eigenvalue weighted by Crippen LogP contribution is -3.00. The Morgan fingerprint density at radius 3 is 1.45 bits per heavy atom. The lowest BCUT2D eigenvalue weighted by atomic mass is 10.0. The highest BCUT2D eigenvalue weighted by Crippen LogP contribution is 2.17. The third-order valence-corrected chi connectivity index (χ3v) is 7.98. The van der Waals surface area contributed by atoms with Crippen molar-refractivity contribution in [3.8, 4) is 0 Å². The number of nitrogens with zero attached hydrogens (tertiary/aromatic N) is 1. The molecule has 0 saturated carbocycles. The van der Waals surface area contributed by atoms with E-state index in [1.54, 1.807) is 0 Å². The molecule has 0 saturated heterocycles. The standard InChI is InChI=1S/C25H56NOSi.ClH/c1-6-7-8-9-10-11-12-13-14-15-16-17-18-19-20-21-24(2)26(3,4)23-22-25(28)27-5;/h24-25H,6-23H2,1-5,28H3;1H/q+1;/p-1. The van der Waals surface area contributed by atoms with Gasteiger partial charge in [-0.15, -0.1) is 0 Å². The Morgan fingerprint density at radius 1 is 0.690 bits per heavy atom. The van der Waals surface area contributed by atoms with Crippen molar-refractivity contribution >= 4 is 10.2 Å². The molecule has 0 spiro atoms. The van der Waals surface area contributed by atoms with Gasteiger partial charge in [0.1, 0.15) is 0 Å². The zero-order valence-corrected chi connectivity index (χ0v) is 23.9. The predicted octanol–water partition coefficient (Wildman–Crippen LogP) is 3.44. The summed E-state index contributed by atoms with van der Waals surface area (Å²) < 4.78 is 6.62. The topological polar surface area (TPSA) is 9.23 Å². The van der Waals surface area contributed by atoms with Crippen molar-refractivity contribution in [1.82, 2.24) is 0 Å². The van der Waals surface area contributed by atoms with Crippen molar-refractivity contribution in [2.75, 3.05) is 27.7 Å². The minimum atomic E-state index is 0. The molecule has 0 aromatic heterocycles. The monoisotopic (exact) mass is 449 g/mol. The van der Waals surface area contributed by atoms with Gasteiger partial charge in [-0.2, -0.15) is 0 Å². The van der Waals surface area contributed by atoms with Crippen LogP contribution in [0.2, 0.25) is 0 Å². The zero-order chi connectivity index (χ0) is 21.1. The van der Waals surface area contributed by atoms with Gasteiger partial charge >= 0.3 is 0 Å². The van der Waals surface area contributed by atoms with Gasteiger partial charge in [0.2, 0.25) is 0 Å². The van der Waals surface area contributed by atoms with Gasteiger partial charge in [-0.05, 0) is 19.8 Å². The normalized spacial score (nSPS) is 14.0. The van der Waals surface area contributed by atoms with Crippen LogP contribution in [0.25, 0.3) is 0 Å². The molecule has 0 fully saturated rings. The first kappa shape index (κ1) is 31.6. The van der Waals surface area contributed by atoms with E-state index in [0.717, 1.165) is 20.8 Å². The highest BCUT2D eigenvalue weighted by atomic mass is 35.5. The average Bonchev–Trinajstić information content (AvgIpc) is 2.68. The fourth-order valence-corrected chi connectivity index (χ4v) is 4.27. The smallest absolute Gasteiger partial charge is 0.0857 e. The molecule has 0 radical (unpaired) electrons. The molecule has 0 aromatic rings. The van der Waals surface area contributed by atoms with E-state index in [1.165, 1.54) is 116 Å². The quantitative estimate of drug-likeness (QED) is 0.148. The molecule has 0 bridgehead atoms. The van der Waals surface area contributed by atoms with Gasteiger partial charge in [-0.25, -0.2) is 0 Å². The van der Waals surface area contributed by atoms with E-state index in [0.29, 0.717) is 5.73 Å². The molecule has 0 aromatic carbocycles. The Hall–Kier alpha value is 0.427. The minimum absolute atomic E-state index is 0. The molecule has 178 valence electrons. The number of halogens is 1. The molecule has 0 aliphatic carbocycles. The van der Waals surface area contributed by atoms with Crippen LogP contribution in [0.1, 0.15) is 123 Å². The largest absolute Gasteiger partial charge is 1.00 e. The van der Waals surface area contributed by atoms with Crippen LogP contribution in [-0.4, -0.2) is 54.2 Å². The summed E-state index contributed by atoms with van der Waals surface area (Å²) in [6.45, 7) is 5.99. The molecular formula is C25H56ClNOSi. The third kappa shape index (κ3) is 20.1. The number of methoxy groups -OCH3 is 1. The second-order valence-electron chi connectivity index (χ2n) is 9.92. The van der Waals surface area contributed by atoms with Gasteiger partial charge in [0.05, 0.1) is 26.7 Å². The van der Waals surface area contributed by atoms with Gasteiger partial charge in [-0.3, -0.25) is 0 Å². The summed E-state index contributed by atoms with van der Waals surface area (Å²) >= 11 is 0. The van der Waals surface area contributed by atoms with E-state index in [1.807, 2.05) is 7.11 Å². The lowest BCUT2D eigenvalue weighted by molar-refractivity contribution is -0.913. The molecule has 0 amide bonds. The van der Waals surface area contributed by atoms with Crippen LogP contribution >= 0.6 is 0 Å². The van der Waals surface area contributed by atoms with Crippen molar-refractivity contribution in [2.24, 2.45) is 0 Å². The molecule has 0 heterocycles. The summed E-state index contributed by atoms with van der Waals surface area (Å²) in [5, 5.41) is 0. The maximum atomic E-state index is 5.47. The summed E-state index contributed by atoms with van der Waals surface area (Å²) in [6.07, 6.45) is 24.4. The number of hydrogen-bond acceptors (Lipinski definition) is 1. The molecule has 29 heavy (non-hydrogen) atoms. The van der Waals surface area contributed by atoms with Gasteiger partial charge in [0.25, 0.3) is 0 Å². The molecule has 2 atom stereocenters. The van der Waals surface area contributed by atoms with Crippen LogP contribution < -0.4 is 12.4 Å². The number of rotatable bonds is 21. The summed E-state index contributed by atoms with van der Waals surface area (Å²) in [5.74, 6) is 0. The molecule has 0 aliphatic rings. The van der Waals surface area contributed by atoms with E-state index in [4.69, 9.17) is 4.74 Å². The van der Waals surface area contributed by atoms with Gasteiger partial charge < -0.3 is 21.6 Å². The average molecular weight is 450 g/mol. The fraction of sp³-hybridized carbons (Fsp3) is 1.00. The maximum absolute atomic E-state index is 5.47. The number of ether oxygens (including phenoxy) is 1. The Morgan fingerprint density at radius 2 is 1.07 bits per heavy atom. The van der Waals surface area contributed by atoms with Crippen LogP contribution in [0.4, 0.5) is 0 Å². The maximum Gasteiger partial charge on any atom is 0.0857 e. The van der Waals surface area contributed by atoms with E-state index in [9.17, 15) is 0 Å². The van der Waals surface area contributed by atoms with Crippen molar-refractivity contribution in [1.29, 1.82) is 0 Å². The summed E-state index contributed by atoms with van der Waals surface area (Å²) in [6, 6.07) is 0.771. The number of quaternary nitrogens is 1. The molecule has 0 rings (SSSR count). The molecular weight excluding hydrogens is 394 g/mol. The first-order chi connectivity index (χ1) is 13.4. The van der Waals surface area contributed by atoms with Crippen LogP contribution in [0.5, 0.6) is 0 Å². The van der Waals surface area contributed by atoms with Gasteiger partial charge in [0.15, 0.2) is 0 Å². The highest BCUT2D eigenvalue weighted by molar-refractivity contribution is 6.10. The molecule has 2 unspecified atom stereocenters. The van der Waals surface area contributed by atoms with Crippen molar-refractivity contribution in [3.05, 3.63) is 0 Å². The zero-order valence-electron chi connectivity index (χ0n) is 21.1. The molecule has 0 aliphatic heterocycles. The SMILES string of the molecule is CCCCCCCCCCCCCCCCCC(C)[N+](C)(C)CCC([SiH3])OC.[Cl-]. The van der Waals surface area contributed by atoms with Crippen LogP contribution in [0.15, 0.2) is 0 Å². The molecule has 0 N–H and O–H groups in total. The van der Waals surface area contributed by atoms with Gasteiger partial charge in [0, 0.05) is 29.5 Å². The fourth-order valence-electron chi connectivity index (χ4n) is 4.01. The Labute approximate surface area is 194 Å². The first-order valence-corrected chi connectivity index (χ1v) is 13.9.